The summed E-state index contributed by atoms with van der Waals surface area (Å²) in [4.78, 5) is 15.2. The van der Waals surface area contributed by atoms with Crippen molar-refractivity contribution in [2.75, 3.05) is 13.1 Å². The number of aryl methyl sites for hydroxylation is 1. The van der Waals surface area contributed by atoms with Gasteiger partial charge in [0.1, 0.15) is 0 Å². The minimum absolute atomic E-state index is 0.0749. The molecule has 0 fully saturated rings. The van der Waals surface area contributed by atoms with Crippen LogP contribution in [0.5, 0.6) is 0 Å². The summed E-state index contributed by atoms with van der Waals surface area (Å²) in [6.07, 6.45) is 0.556. The maximum atomic E-state index is 11.1. The molecule has 0 spiro atoms. The van der Waals surface area contributed by atoms with E-state index >= 15 is 0 Å². The Morgan fingerprint density at radius 1 is 1.56 bits per heavy atom. The lowest BCUT2D eigenvalue weighted by Gasteiger charge is -2.07. The zero-order valence-electron chi connectivity index (χ0n) is 9.82. The molecule has 0 aliphatic rings. The summed E-state index contributed by atoms with van der Waals surface area (Å²) in [6.45, 7) is 6.20. The predicted molar refractivity (Wildman–Crippen MR) is 56.8 cm³/mol. The molecule has 0 amide bonds. The summed E-state index contributed by atoms with van der Waals surface area (Å²) in [5, 5.41) is 6.69. The zero-order valence-corrected chi connectivity index (χ0v) is 9.82. The van der Waals surface area contributed by atoms with E-state index in [9.17, 15) is 4.79 Å². The molecule has 1 aromatic rings. The molecule has 0 radical (unpaired) electrons. The first kappa shape index (κ1) is 12.6. The molecular formula is C10H17N3O3. The fourth-order valence-electron chi connectivity index (χ4n) is 1.14. The minimum atomic E-state index is -0.251. The van der Waals surface area contributed by atoms with Gasteiger partial charge < -0.3 is 14.6 Å². The van der Waals surface area contributed by atoms with Crippen molar-refractivity contribution in [2.45, 2.75) is 33.3 Å². The largest absolute Gasteiger partial charge is 0.462 e. The van der Waals surface area contributed by atoms with Gasteiger partial charge in [-0.2, -0.15) is 4.98 Å². The van der Waals surface area contributed by atoms with E-state index in [-0.39, 0.29) is 18.6 Å². The van der Waals surface area contributed by atoms with Crippen LogP contribution in [0.2, 0.25) is 0 Å². The molecule has 16 heavy (non-hydrogen) atoms. The van der Waals surface area contributed by atoms with Gasteiger partial charge in [0.25, 0.3) is 0 Å². The Hall–Kier alpha value is -1.43. The standard InChI is InChI=1S/C10H17N3O3/c1-7(2)15-10(14)6-11-5-4-9-12-8(3)16-13-9/h7,11H,4-6H2,1-3H3. The Bertz CT molecular complexity index is 336. The van der Waals surface area contributed by atoms with Crippen LogP contribution < -0.4 is 5.32 Å². The molecule has 1 N–H and O–H groups in total. The highest BCUT2D eigenvalue weighted by Crippen LogP contribution is 1.94. The van der Waals surface area contributed by atoms with Gasteiger partial charge in [0, 0.05) is 19.9 Å². The van der Waals surface area contributed by atoms with Gasteiger partial charge in [-0.15, -0.1) is 0 Å². The number of nitrogens with one attached hydrogen (secondary N) is 1. The molecular weight excluding hydrogens is 210 g/mol. The molecule has 6 nitrogen and oxygen atoms in total. The molecule has 0 aromatic carbocycles. The molecule has 0 aliphatic carbocycles. The van der Waals surface area contributed by atoms with Crippen molar-refractivity contribution in [3.8, 4) is 0 Å². The number of hydrogen-bond acceptors (Lipinski definition) is 6. The van der Waals surface area contributed by atoms with Crippen LogP contribution in [0.4, 0.5) is 0 Å². The fourth-order valence-corrected chi connectivity index (χ4v) is 1.14. The Balaban J connectivity index is 2.10. The second kappa shape index (κ2) is 6.22. The molecule has 0 saturated heterocycles. The van der Waals surface area contributed by atoms with Gasteiger partial charge in [0.05, 0.1) is 12.6 Å². The molecule has 1 aromatic heterocycles. The number of ether oxygens (including phenoxy) is 1. The Morgan fingerprint density at radius 2 is 2.31 bits per heavy atom. The van der Waals surface area contributed by atoms with E-state index in [1.807, 2.05) is 13.8 Å². The lowest BCUT2D eigenvalue weighted by molar-refractivity contribution is -0.146. The van der Waals surface area contributed by atoms with Crippen molar-refractivity contribution in [1.82, 2.24) is 15.5 Å². The third kappa shape index (κ3) is 4.88. The van der Waals surface area contributed by atoms with E-state index in [4.69, 9.17) is 9.26 Å². The summed E-state index contributed by atoms with van der Waals surface area (Å²) in [6, 6.07) is 0. The summed E-state index contributed by atoms with van der Waals surface area (Å²) in [7, 11) is 0. The van der Waals surface area contributed by atoms with Gasteiger partial charge >= 0.3 is 5.97 Å². The second-order valence-corrected chi connectivity index (χ2v) is 3.70. The highest BCUT2D eigenvalue weighted by atomic mass is 16.5. The predicted octanol–water partition coefficient (Wildman–Crippen LogP) is 0.462. The summed E-state index contributed by atoms with van der Waals surface area (Å²) >= 11 is 0. The van der Waals surface area contributed by atoms with Gasteiger partial charge in [-0.3, -0.25) is 4.79 Å². The number of esters is 1. The number of nitrogens with zero attached hydrogens (tertiary/aromatic N) is 2. The van der Waals surface area contributed by atoms with E-state index in [1.165, 1.54) is 0 Å². The van der Waals surface area contributed by atoms with Crippen LogP contribution in [-0.2, 0) is 16.0 Å². The van der Waals surface area contributed by atoms with Crippen LogP contribution >= 0.6 is 0 Å². The molecule has 0 atom stereocenters. The van der Waals surface area contributed by atoms with Crippen LogP contribution in [0.25, 0.3) is 0 Å². The number of carbonyl (C=O) groups is 1. The van der Waals surface area contributed by atoms with Crippen LogP contribution in [0.1, 0.15) is 25.6 Å². The van der Waals surface area contributed by atoms with Gasteiger partial charge in [-0.1, -0.05) is 5.16 Å². The van der Waals surface area contributed by atoms with Gasteiger partial charge in [0.15, 0.2) is 5.82 Å². The molecule has 90 valence electrons. The quantitative estimate of drug-likeness (QED) is 0.562. The average molecular weight is 227 g/mol. The molecule has 6 heteroatoms. The lowest BCUT2D eigenvalue weighted by Crippen LogP contribution is -2.28. The van der Waals surface area contributed by atoms with Crippen LogP contribution in [0, 0.1) is 6.92 Å². The lowest BCUT2D eigenvalue weighted by atomic mass is 10.4. The third-order valence-corrected chi connectivity index (χ3v) is 1.73. The second-order valence-electron chi connectivity index (χ2n) is 3.70. The molecule has 0 aliphatic heterocycles. The zero-order chi connectivity index (χ0) is 12.0. The van der Waals surface area contributed by atoms with Crippen molar-refractivity contribution >= 4 is 5.97 Å². The Morgan fingerprint density at radius 3 is 2.88 bits per heavy atom. The number of hydrogen-bond donors (Lipinski definition) is 1. The fraction of sp³-hybridized carbons (Fsp3) is 0.700. The summed E-state index contributed by atoms with van der Waals surface area (Å²) < 4.78 is 9.77. The SMILES string of the molecule is Cc1nc(CCNCC(=O)OC(C)C)no1. The van der Waals surface area contributed by atoms with Crippen molar-refractivity contribution in [2.24, 2.45) is 0 Å². The number of carbonyl (C=O) groups excluding carboxylic acids is 1. The monoisotopic (exact) mass is 227 g/mol. The first-order chi connectivity index (χ1) is 7.58. The first-order valence-electron chi connectivity index (χ1n) is 5.27. The van der Waals surface area contributed by atoms with Crippen molar-refractivity contribution < 1.29 is 14.1 Å². The van der Waals surface area contributed by atoms with E-state index in [0.717, 1.165) is 0 Å². The van der Waals surface area contributed by atoms with E-state index in [2.05, 4.69) is 15.5 Å². The maximum absolute atomic E-state index is 11.1. The third-order valence-electron chi connectivity index (χ3n) is 1.73. The van der Waals surface area contributed by atoms with Crippen LogP contribution in [-0.4, -0.2) is 35.3 Å². The minimum Gasteiger partial charge on any atom is -0.462 e. The molecule has 0 unspecified atom stereocenters. The normalized spacial score (nSPS) is 10.8. The van der Waals surface area contributed by atoms with Crippen molar-refractivity contribution in [3.05, 3.63) is 11.7 Å². The highest BCUT2D eigenvalue weighted by Gasteiger charge is 2.05. The Kier molecular flexibility index (Phi) is 4.91. The molecule has 1 heterocycles. The molecule has 0 saturated carbocycles. The summed E-state index contributed by atoms with van der Waals surface area (Å²) in [5.74, 6) is 0.940. The van der Waals surface area contributed by atoms with Crippen LogP contribution in [0.3, 0.4) is 0 Å². The van der Waals surface area contributed by atoms with Gasteiger partial charge in [-0.25, -0.2) is 0 Å². The maximum Gasteiger partial charge on any atom is 0.320 e. The average Bonchev–Trinajstić information content (AvgIpc) is 2.58. The van der Waals surface area contributed by atoms with Gasteiger partial charge in [-0.05, 0) is 13.8 Å². The number of aromatic nitrogens is 2. The topological polar surface area (TPSA) is 77.2 Å². The van der Waals surface area contributed by atoms with Crippen molar-refractivity contribution in [3.63, 3.8) is 0 Å². The number of rotatable bonds is 6. The van der Waals surface area contributed by atoms with Gasteiger partial charge in [0.2, 0.25) is 5.89 Å². The summed E-state index contributed by atoms with van der Waals surface area (Å²) in [5.41, 5.74) is 0. The molecule has 0 bridgehead atoms. The van der Waals surface area contributed by atoms with Crippen molar-refractivity contribution in [1.29, 1.82) is 0 Å². The Labute approximate surface area is 94.4 Å². The van der Waals surface area contributed by atoms with Crippen LogP contribution in [0.15, 0.2) is 4.52 Å². The highest BCUT2D eigenvalue weighted by molar-refractivity contribution is 5.71. The van der Waals surface area contributed by atoms with E-state index < -0.39 is 0 Å². The molecule has 1 rings (SSSR count). The first-order valence-corrected chi connectivity index (χ1v) is 5.27. The van der Waals surface area contributed by atoms with E-state index in [1.54, 1.807) is 6.92 Å². The smallest absolute Gasteiger partial charge is 0.320 e. The van der Waals surface area contributed by atoms with E-state index in [0.29, 0.717) is 24.7 Å².